The van der Waals surface area contributed by atoms with Gasteiger partial charge in [0.2, 0.25) is 0 Å². The topological polar surface area (TPSA) is 58.9 Å². The highest BCUT2D eigenvalue weighted by atomic mass is 16.5. The Morgan fingerprint density at radius 2 is 0.841 bits per heavy atom. The highest BCUT2D eigenvalue weighted by molar-refractivity contribution is 6.11. The SMILES string of the molecule is OCCOc1ccc2cc(-c3ccccc3)ccc2c1-c1c(OCCO)ccc2cc(-c3ccc4ccccc4c3)ccc12. The van der Waals surface area contributed by atoms with Crippen molar-refractivity contribution >= 4 is 32.3 Å². The summed E-state index contributed by atoms with van der Waals surface area (Å²) in [5, 5.41) is 25.9. The molecule has 0 aliphatic rings. The van der Waals surface area contributed by atoms with E-state index in [2.05, 4.69) is 103 Å². The smallest absolute Gasteiger partial charge is 0.128 e. The third-order valence-electron chi connectivity index (χ3n) is 8.10. The summed E-state index contributed by atoms with van der Waals surface area (Å²) < 4.78 is 12.3. The van der Waals surface area contributed by atoms with Crippen molar-refractivity contribution in [3.05, 3.63) is 133 Å². The lowest BCUT2D eigenvalue weighted by Crippen LogP contribution is -2.05. The molecule has 0 heterocycles. The van der Waals surface area contributed by atoms with Crippen molar-refractivity contribution in [3.8, 4) is 44.9 Å². The van der Waals surface area contributed by atoms with Gasteiger partial charge in [-0.3, -0.25) is 0 Å². The molecule has 0 amide bonds. The molecule has 0 unspecified atom stereocenters. The van der Waals surface area contributed by atoms with Gasteiger partial charge in [-0.15, -0.1) is 0 Å². The summed E-state index contributed by atoms with van der Waals surface area (Å²) in [5.41, 5.74) is 6.34. The lowest BCUT2D eigenvalue weighted by Gasteiger charge is -2.20. The Morgan fingerprint density at radius 1 is 0.386 bits per heavy atom. The molecule has 4 nitrogen and oxygen atoms in total. The zero-order chi connectivity index (χ0) is 29.9. The summed E-state index contributed by atoms with van der Waals surface area (Å²) in [6, 6.07) is 46.3. The van der Waals surface area contributed by atoms with Gasteiger partial charge in [-0.25, -0.2) is 0 Å². The fourth-order valence-corrected chi connectivity index (χ4v) is 6.05. The molecule has 0 saturated carbocycles. The molecule has 216 valence electrons. The van der Waals surface area contributed by atoms with E-state index in [0.29, 0.717) is 11.5 Å². The van der Waals surface area contributed by atoms with Crippen molar-refractivity contribution < 1.29 is 19.7 Å². The highest BCUT2D eigenvalue weighted by Crippen LogP contribution is 2.46. The van der Waals surface area contributed by atoms with Crippen LogP contribution in [-0.4, -0.2) is 36.6 Å². The fourth-order valence-electron chi connectivity index (χ4n) is 6.05. The Bertz CT molecular complexity index is 2100. The maximum Gasteiger partial charge on any atom is 0.128 e. The molecule has 0 aliphatic carbocycles. The standard InChI is InChI=1S/C40H32O4/c41-20-22-43-37-18-14-33-25-30(27-6-2-1-3-7-27)12-16-35(33)39(37)40-36-17-13-32(26-34(36)15-19-38(40)44-23-21-42)31-11-10-28-8-4-5-9-29(28)24-31/h1-19,24-26,41-42H,20-23H2. The van der Waals surface area contributed by atoms with Crippen LogP contribution in [0.25, 0.3) is 65.7 Å². The minimum atomic E-state index is -0.0950. The van der Waals surface area contributed by atoms with E-state index >= 15 is 0 Å². The summed E-state index contributed by atoms with van der Waals surface area (Å²) in [7, 11) is 0. The average Bonchev–Trinajstić information content (AvgIpc) is 3.09. The Hall–Kier alpha value is -5.16. The number of aliphatic hydroxyl groups excluding tert-OH is 2. The van der Waals surface area contributed by atoms with Gasteiger partial charge in [0.1, 0.15) is 24.7 Å². The molecule has 0 aliphatic heterocycles. The molecule has 0 spiro atoms. The van der Waals surface area contributed by atoms with Crippen LogP contribution in [0, 0.1) is 0 Å². The molecule has 7 aromatic rings. The highest BCUT2D eigenvalue weighted by Gasteiger charge is 2.20. The lowest BCUT2D eigenvalue weighted by molar-refractivity contribution is 0.200. The second-order valence-electron chi connectivity index (χ2n) is 10.8. The molecule has 0 bridgehead atoms. The fraction of sp³-hybridized carbons (Fsp3) is 0.100. The number of hydrogen-bond acceptors (Lipinski definition) is 4. The summed E-state index contributed by atoms with van der Waals surface area (Å²) in [4.78, 5) is 0. The Morgan fingerprint density at radius 3 is 1.41 bits per heavy atom. The number of fused-ring (bicyclic) bond motifs is 3. The molecule has 0 saturated heterocycles. The number of benzene rings is 7. The molecule has 7 rings (SSSR count). The molecule has 2 N–H and O–H groups in total. The third-order valence-corrected chi connectivity index (χ3v) is 8.10. The summed E-state index contributed by atoms with van der Waals surface area (Å²) in [6.07, 6.45) is 0. The number of aliphatic hydroxyl groups is 2. The number of rotatable bonds is 9. The van der Waals surface area contributed by atoms with Crippen molar-refractivity contribution in [2.24, 2.45) is 0 Å². The minimum absolute atomic E-state index is 0.0943. The molecule has 0 fully saturated rings. The van der Waals surface area contributed by atoms with Crippen LogP contribution >= 0.6 is 0 Å². The van der Waals surface area contributed by atoms with E-state index in [0.717, 1.165) is 54.9 Å². The average molecular weight is 577 g/mol. The maximum atomic E-state index is 9.64. The van der Waals surface area contributed by atoms with Gasteiger partial charge in [-0.2, -0.15) is 0 Å². The Labute approximate surface area is 256 Å². The van der Waals surface area contributed by atoms with Gasteiger partial charge in [0.15, 0.2) is 0 Å². The molecule has 0 radical (unpaired) electrons. The summed E-state index contributed by atoms with van der Waals surface area (Å²) in [6.45, 7) is 0.152. The molecule has 44 heavy (non-hydrogen) atoms. The molecular formula is C40H32O4. The van der Waals surface area contributed by atoms with Gasteiger partial charge in [0, 0.05) is 11.1 Å². The second kappa shape index (κ2) is 12.2. The van der Waals surface area contributed by atoms with Crippen LogP contribution in [0.4, 0.5) is 0 Å². The van der Waals surface area contributed by atoms with Crippen molar-refractivity contribution in [3.63, 3.8) is 0 Å². The van der Waals surface area contributed by atoms with Gasteiger partial charge >= 0.3 is 0 Å². The van der Waals surface area contributed by atoms with Crippen LogP contribution < -0.4 is 9.47 Å². The van der Waals surface area contributed by atoms with Crippen LogP contribution in [0.1, 0.15) is 0 Å². The van der Waals surface area contributed by atoms with Crippen molar-refractivity contribution in [2.75, 3.05) is 26.4 Å². The van der Waals surface area contributed by atoms with Crippen LogP contribution in [0.15, 0.2) is 133 Å². The van der Waals surface area contributed by atoms with Gasteiger partial charge < -0.3 is 19.7 Å². The van der Waals surface area contributed by atoms with Gasteiger partial charge in [-0.05, 0) is 84.9 Å². The maximum absolute atomic E-state index is 9.64. The van der Waals surface area contributed by atoms with Crippen LogP contribution in [-0.2, 0) is 0 Å². The van der Waals surface area contributed by atoms with Gasteiger partial charge in [-0.1, -0.05) is 103 Å². The Kier molecular flexibility index (Phi) is 7.68. The first-order valence-corrected chi connectivity index (χ1v) is 14.9. The van der Waals surface area contributed by atoms with E-state index < -0.39 is 0 Å². The molecule has 4 heteroatoms. The van der Waals surface area contributed by atoms with E-state index in [4.69, 9.17) is 9.47 Å². The number of ether oxygens (including phenoxy) is 2. The molecule has 0 atom stereocenters. The quantitative estimate of drug-likeness (QED) is 0.180. The van der Waals surface area contributed by atoms with Crippen molar-refractivity contribution in [2.45, 2.75) is 0 Å². The van der Waals surface area contributed by atoms with Crippen LogP contribution in [0.5, 0.6) is 11.5 Å². The molecule has 7 aromatic carbocycles. The normalized spacial score (nSPS) is 11.3. The monoisotopic (exact) mass is 576 g/mol. The first kappa shape index (κ1) is 27.7. The molecule has 0 aromatic heterocycles. The Balaban J connectivity index is 1.44. The van der Waals surface area contributed by atoms with E-state index in [-0.39, 0.29) is 26.4 Å². The van der Waals surface area contributed by atoms with Crippen LogP contribution in [0.2, 0.25) is 0 Å². The van der Waals surface area contributed by atoms with Crippen LogP contribution in [0.3, 0.4) is 0 Å². The van der Waals surface area contributed by atoms with Crippen molar-refractivity contribution in [1.82, 2.24) is 0 Å². The summed E-state index contributed by atoms with van der Waals surface area (Å²) in [5.74, 6) is 1.33. The first-order chi connectivity index (χ1) is 21.7. The third kappa shape index (κ3) is 5.26. The lowest BCUT2D eigenvalue weighted by atomic mass is 9.89. The summed E-state index contributed by atoms with van der Waals surface area (Å²) >= 11 is 0. The van der Waals surface area contributed by atoms with E-state index in [1.807, 2.05) is 30.3 Å². The van der Waals surface area contributed by atoms with E-state index in [9.17, 15) is 10.2 Å². The molecular weight excluding hydrogens is 544 g/mol. The second-order valence-corrected chi connectivity index (χ2v) is 10.8. The van der Waals surface area contributed by atoms with Gasteiger partial charge in [0.25, 0.3) is 0 Å². The number of hydrogen-bond donors (Lipinski definition) is 2. The largest absolute Gasteiger partial charge is 0.491 e. The predicted octanol–water partition coefficient (Wildman–Crippen LogP) is 8.89. The zero-order valence-corrected chi connectivity index (χ0v) is 24.2. The van der Waals surface area contributed by atoms with Crippen molar-refractivity contribution in [1.29, 1.82) is 0 Å². The predicted molar refractivity (Wildman–Crippen MR) is 180 cm³/mol. The van der Waals surface area contributed by atoms with E-state index in [1.165, 1.54) is 10.8 Å². The zero-order valence-electron chi connectivity index (χ0n) is 24.2. The van der Waals surface area contributed by atoms with E-state index in [1.54, 1.807) is 0 Å². The minimum Gasteiger partial charge on any atom is -0.491 e. The first-order valence-electron chi connectivity index (χ1n) is 14.9. The van der Waals surface area contributed by atoms with Gasteiger partial charge in [0.05, 0.1) is 13.2 Å².